The molecule has 0 aliphatic carbocycles. The van der Waals surface area contributed by atoms with Crippen LogP contribution in [-0.2, 0) is 21.5 Å². The fourth-order valence-electron chi connectivity index (χ4n) is 2.57. The molecule has 2 aromatic rings. The largest absolute Gasteiger partial charge is 0.508 e. The number of benzene rings is 1. The zero-order chi connectivity index (χ0) is 14.7. The lowest BCUT2D eigenvalue weighted by atomic mass is 9.93. The van der Waals surface area contributed by atoms with Gasteiger partial charge in [0.05, 0.1) is 6.42 Å². The number of hydrogen-bond donors (Lipinski definition) is 1. The second-order valence-electron chi connectivity index (χ2n) is 5.17. The Morgan fingerprint density at radius 2 is 2.14 bits per heavy atom. The summed E-state index contributed by atoms with van der Waals surface area (Å²) >= 11 is 0. The Kier molecular flexibility index (Phi) is 3.90. The molecule has 0 amide bonds. The zero-order valence-electron chi connectivity index (χ0n) is 11.9. The van der Waals surface area contributed by atoms with E-state index in [-0.39, 0.29) is 5.75 Å². The van der Waals surface area contributed by atoms with Crippen molar-refractivity contribution < 1.29 is 19.1 Å². The highest BCUT2D eigenvalue weighted by Crippen LogP contribution is 2.33. The number of phenols is 1. The molecule has 0 saturated carbocycles. The zero-order valence-corrected chi connectivity index (χ0v) is 11.9. The molecule has 1 aromatic carbocycles. The maximum absolute atomic E-state index is 9.48. The average molecular weight is 290 g/mol. The maximum Gasteiger partial charge on any atom is 0.231 e. The minimum atomic E-state index is -0.515. The predicted molar refractivity (Wildman–Crippen MR) is 74.0 cm³/mol. The first-order chi connectivity index (χ1) is 10.2. The van der Waals surface area contributed by atoms with Gasteiger partial charge in [0.1, 0.15) is 11.4 Å². The molecular formula is C15H18N2O4. The summed E-state index contributed by atoms with van der Waals surface area (Å²) in [6.45, 7) is 1.26. The van der Waals surface area contributed by atoms with Crippen LogP contribution in [0.1, 0.15) is 30.1 Å². The molecule has 6 heteroatoms. The van der Waals surface area contributed by atoms with Gasteiger partial charge in [-0.1, -0.05) is 17.3 Å². The van der Waals surface area contributed by atoms with Crippen LogP contribution in [0.25, 0.3) is 0 Å². The number of methoxy groups -OCH3 is 1. The maximum atomic E-state index is 9.48. The van der Waals surface area contributed by atoms with Crippen molar-refractivity contribution in [3.63, 3.8) is 0 Å². The second-order valence-corrected chi connectivity index (χ2v) is 5.17. The minimum Gasteiger partial charge on any atom is -0.508 e. The molecule has 1 aliphatic rings. The Hall–Kier alpha value is -1.92. The van der Waals surface area contributed by atoms with Gasteiger partial charge in [-0.3, -0.25) is 0 Å². The van der Waals surface area contributed by atoms with Crippen molar-refractivity contribution in [3.8, 4) is 5.75 Å². The normalized spacial score (nSPS) is 17.8. The van der Waals surface area contributed by atoms with Gasteiger partial charge in [-0.25, -0.2) is 0 Å². The molecule has 6 nitrogen and oxygen atoms in total. The van der Waals surface area contributed by atoms with Gasteiger partial charge in [-0.15, -0.1) is 0 Å². The van der Waals surface area contributed by atoms with E-state index in [2.05, 4.69) is 10.1 Å². The summed E-state index contributed by atoms with van der Waals surface area (Å²) in [5, 5.41) is 13.6. The van der Waals surface area contributed by atoms with E-state index in [0.717, 1.165) is 5.56 Å². The van der Waals surface area contributed by atoms with Gasteiger partial charge < -0.3 is 19.1 Å². The summed E-state index contributed by atoms with van der Waals surface area (Å²) in [7, 11) is 1.66. The van der Waals surface area contributed by atoms with Gasteiger partial charge in [-0.05, 0) is 17.7 Å². The third-order valence-corrected chi connectivity index (χ3v) is 3.83. The number of rotatable bonds is 4. The van der Waals surface area contributed by atoms with Crippen molar-refractivity contribution >= 4 is 0 Å². The van der Waals surface area contributed by atoms with Crippen LogP contribution < -0.4 is 0 Å². The van der Waals surface area contributed by atoms with Gasteiger partial charge in [-0.2, -0.15) is 4.98 Å². The van der Waals surface area contributed by atoms with Crippen LogP contribution in [0.5, 0.6) is 5.75 Å². The van der Waals surface area contributed by atoms with Crippen LogP contribution in [0.15, 0.2) is 28.8 Å². The van der Waals surface area contributed by atoms with Crippen LogP contribution >= 0.6 is 0 Å². The van der Waals surface area contributed by atoms with Gasteiger partial charge in [0.25, 0.3) is 0 Å². The fraction of sp³-hybridized carbons (Fsp3) is 0.467. The van der Waals surface area contributed by atoms with Crippen LogP contribution in [0.3, 0.4) is 0 Å². The summed E-state index contributed by atoms with van der Waals surface area (Å²) in [5.74, 6) is 1.31. The van der Waals surface area contributed by atoms with Gasteiger partial charge >= 0.3 is 0 Å². The molecular weight excluding hydrogens is 272 g/mol. The molecule has 1 aliphatic heterocycles. The lowest BCUT2D eigenvalue weighted by Gasteiger charge is -2.32. The summed E-state index contributed by atoms with van der Waals surface area (Å²) < 4.78 is 16.3. The van der Waals surface area contributed by atoms with Crippen molar-refractivity contribution in [1.82, 2.24) is 10.1 Å². The third-order valence-electron chi connectivity index (χ3n) is 3.83. The van der Waals surface area contributed by atoms with Crippen LogP contribution in [-0.4, -0.2) is 35.6 Å². The van der Waals surface area contributed by atoms with Gasteiger partial charge in [0.2, 0.25) is 11.7 Å². The first kappa shape index (κ1) is 14.0. The number of aromatic nitrogens is 2. The quantitative estimate of drug-likeness (QED) is 0.928. The second kappa shape index (κ2) is 5.83. The van der Waals surface area contributed by atoms with E-state index >= 15 is 0 Å². The van der Waals surface area contributed by atoms with Crippen molar-refractivity contribution in [2.45, 2.75) is 24.9 Å². The highest BCUT2D eigenvalue weighted by molar-refractivity contribution is 5.28. The monoisotopic (exact) mass is 290 g/mol. The highest BCUT2D eigenvalue weighted by Gasteiger charge is 2.39. The van der Waals surface area contributed by atoms with Crippen LogP contribution in [0.4, 0.5) is 0 Å². The van der Waals surface area contributed by atoms with Crippen molar-refractivity contribution in [1.29, 1.82) is 0 Å². The van der Waals surface area contributed by atoms with E-state index in [1.165, 1.54) is 0 Å². The molecule has 0 unspecified atom stereocenters. The van der Waals surface area contributed by atoms with Crippen molar-refractivity contribution in [3.05, 3.63) is 41.5 Å². The highest BCUT2D eigenvalue weighted by atomic mass is 16.5. The third kappa shape index (κ3) is 2.91. The minimum absolute atomic E-state index is 0.227. The standard InChI is InChI=1S/C15H18N2O4/c1-19-15(5-7-20-8-6-15)14-16-13(21-17-14)10-11-3-2-4-12(18)9-11/h2-4,9,18H,5-8,10H2,1H3. The Bertz CT molecular complexity index is 605. The van der Waals surface area contributed by atoms with Crippen LogP contribution in [0, 0.1) is 0 Å². The molecule has 1 saturated heterocycles. The van der Waals surface area contributed by atoms with E-state index in [9.17, 15) is 5.11 Å². The van der Waals surface area contributed by atoms with E-state index in [0.29, 0.717) is 44.2 Å². The summed E-state index contributed by atoms with van der Waals surface area (Å²) in [4.78, 5) is 4.46. The number of ether oxygens (including phenoxy) is 2. The molecule has 1 N–H and O–H groups in total. The SMILES string of the molecule is COC1(c2noc(Cc3cccc(O)c3)n2)CCOCC1. The van der Waals surface area contributed by atoms with E-state index in [1.807, 2.05) is 6.07 Å². The lowest BCUT2D eigenvalue weighted by Crippen LogP contribution is -2.36. The summed E-state index contributed by atoms with van der Waals surface area (Å²) in [6.07, 6.45) is 1.92. The molecule has 2 heterocycles. The Balaban J connectivity index is 1.79. The topological polar surface area (TPSA) is 77.6 Å². The number of hydrogen-bond acceptors (Lipinski definition) is 6. The smallest absolute Gasteiger partial charge is 0.231 e. The molecule has 3 rings (SSSR count). The molecule has 0 bridgehead atoms. The predicted octanol–water partition coefficient (Wildman–Crippen LogP) is 2.02. The Morgan fingerprint density at radius 1 is 1.33 bits per heavy atom. The van der Waals surface area contributed by atoms with E-state index in [1.54, 1.807) is 25.3 Å². The van der Waals surface area contributed by atoms with Gasteiger partial charge in [0, 0.05) is 33.2 Å². The van der Waals surface area contributed by atoms with E-state index < -0.39 is 5.60 Å². The average Bonchev–Trinajstić information content (AvgIpc) is 2.97. The fourth-order valence-corrected chi connectivity index (χ4v) is 2.57. The molecule has 0 spiro atoms. The Morgan fingerprint density at radius 3 is 2.86 bits per heavy atom. The molecule has 0 radical (unpaired) electrons. The molecule has 1 aromatic heterocycles. The molecule has 112 valence electrons. The first-order valence-electron chi connectivity index (χ1n) is 6.96. The summed E-state index contributed by atoms with van der Waals surface area (Å²) in [6, 6.07) is 7.01. The first-order valence-corrected chi connectivity index (χ1v) is 6.96. The van der Waals surface area contributed by atoms with Crippen molar-refractivity contribution in [2.24, 2.45) is 0 Å². The summed E-state index contributed by atoms with van der Waals surface area (Å²) in [5.41, 5.74) is 0.405. The molecule has 21 heavy (non-hydrogen) atoms. The lowest BCUT2D eigenvalue weighted by molar-refractivity contribution is -0.101. The molecule has 0 atom stereocenters. The molecule has 1 fully saturated rings. The van der Waals surface area contributed by atoms with Crippen molar-refractivity contribution in [2.75, 3.05) is 20.3 Å². The van der Waals surface area contributed by atoms with Gasteiger partial charge in [0.15, 0.2) is 0 Å². The number of nitrogens with zero attached hydrogens (tertiary/aromatic N) is 2. The number of aromatic hydroxyl groups is 1. The van der Waals surface area contributed by atoms with Crippen LogP contribution in [0.2, 0.25) is 0 Å². The number of phenolic OH excluding ortho intramolecular Hbond substituents is 1. The Labute approximate surface area is 122 Å². The van der Waals surface area contributed by atoms with E-state index in [4.69, 9.17) is 14.0 Å².